The Hall–Kier alpha value is -2.47. The first kappa shape index (κ1) is 16.4. The molecule has 0 aliphatic carbocycles. The lowest BCUT2D eigenvalue weighted by Crippen LogP contribution is -2.32. The van der Waals surface area contributed by atoms with E-state index in [1.807, 2.05) is 25.1 Å². The van der Waals surface area contributed by atoms with Gasteiger partial charge in [-0.1, -0.05) is 18.2 Å². The van der Waals surface area contributed by atoms with Crippen molar-refractivity contribution < 1.29 is 4.79 Å². The lowest BCUT2D eigenvalue weighted by atomic mass is 10.0. The summed E-state index contributed by atoms with van der Waals surface area (Å²) in [6.07, 6.45) is 3.62. The molecule has 0 fully saturated rings. The molecule has 6 nitrogen and oxygen atoms in total. The number of amides is 1. The molecule has 2 aromatic rings. The Bertz CT molecular complexity index is 716. The third-order valence-electron chi connectivity index (χ3n) is 4.12. The number of benzene rings is 1. The molecule has 1 aliphatic heterocycles. The average molecular weight is 325 g/mol. The highest BCUT2D eigenvalue weighted by Gasteiger charge is 2.20. The van der Waals surface area contributed by atoms with E-state index in [2.05, 4.69) is 38.4 Å². The number of nitrogens with one attached hydrogen (secondary N) is 1. The molecule has 0 atom stereocenters. The van der Waals surface area contributed by atoms with E-state index in [1.54, 1.807) is 6.07 Å². The monoisotopic (exact) mass is 325 g/mol. The maximum Gasteiger partial charge on any atom is 0.270 e. The lowest BCUT2D eigenvalue weighted by Gasteiger charge is -2.30. The van der Waals surface area contributed by atoms with Crippen molar-refractivity contribution in [2.75, 3.05) is 38.6 Å². The van der Waals surface area contributed by atoms with Gasteiger partial charge in [-0.25, -0.2) is 9.97 Å². The van der Waals surface area contributed by atoms with Crippen LogP contribution in [0.3, 0.4) is 0 Å². The fourth-order valence-corrected chi connectivity index (χ4v) is 2.87. The van der Waals surface area contributed by atoms with Crippen LogP contribution >= 0.6 is 0 Å². The van der Waals surface area contributed by atoms with Gasteiger partial charge >= 0.3 is 0 Å². The van der Waals surface area contributed by atoms with Crippen LogP contribution in [-0.4, -0.2) is 54.5 Å². The summed E-state index contributed by atoms with van der Waals surface area (Å²) in [5.74, 6) is 0.612. The molecule has 2 heterocycles. The summed E-state index contributed by atoms with van der Waals surface area (Å²) in [6.45, 7) is 2.29. The van der Waals surface area contributed by atoms with E-state index in [0.717, 1.165) is 31.7 Å². The molecular weight excluding hydrogens is 302 g/mol. The fourth-order valence-electron chi connectivity index (χ4n) is 2.87. The summed E-state index contributed by atoms with van der Waals surface area (Å²) in [6, 6.07) is 10.1. The van der Waals surface area contributed by atoms with Gasteiger partial charge in [-0.3, -0.25) is 4.79 Å². The predicted molar refractivity (Wildman–Crippen MR) is 94.7 cm³/mol. The molecule has 1 aliphatic rings. The second-order valence-corrected chi connectivity index (χ2v) is 6.20. The Labute approximate surface area is 142 Å². The molecule has 0 saturated carbocycles. The van der Waals surface area contributed by atoms with Gasteiger partial charge in [-0.15, -0.1) is 0 Å². The molecule has 0 unspecified atom stereocenters. The number of para-hydroxylation sites is 1. The van der Waals surface area contributed by atoms with Crippen LogP contribution in [0.25, 0.3) is 0 Å². The molecule has 0 radical (unpaired) electrons. The number of hydrogen-bond acceptors (Lipinski definition) is 5. The van der Waals surface area contributed by atoms with Gasteiger partial charge in [0.05, 0.1) is 0 Å². The average Bonchev–Trinajstić information content (AvgIpc) is 2.61. The van der Waals surface area contributed by atoms with Crippen molar-refractivity contribution in [1.29, 1.82) is 0 Å². The summed E-state index contributed by atoms with van der Waals surface area (Å²) in [5.41, 5.74) is 2.89. The van der Waals surface area contributed by atoms with E-state index in [0.29, 0.717) is 12.2 Å². The predicted octanol–water partition coefficient (Wildman–Crippen LogP) is 1.85. The van der Waals surface area contributed by atoms with Crippen molar-refractivity contribution in [2.45, 2.75) is 12.8 Å². The van der Waals surface area contributed by atoms with Crippen molar-refractivity contribution in [3.63, 3.8) is 0 Å². The van der Waals surface area contributed by atoms with Gasteiger partial charge < -0.3 is 15.1 Å². The summed E-state index contributed by atoms with van der Waals surface area (Å²) in [7, 11) is 3.95. The second kappa shape index (κ2) is 7.40. The molecule has 1 N–H and O–H groups in total. The maximum atomic E-state index is 12.3. The first-order valence-corrected chi connectivity index (χ1v) is 8.25. The molecule has 24 heavy (non-hydrogen) atoms. The zero-order valence-corrected chi connectivity index (χ0v) is 14.2. The Morgan fingerprint density at radius 1 is 1.29 bits per heavy atom. The SMILES string of the molecule is CN(C)CCNC(=O)c1cc(N2CCCc3ccccc32)ncn1. The van der Waals surface area contributed by atoms with Crippen LogP contribution in [0, 0.1) is 0 Å². The Balaban J connectivity index is 1.78. The highest BCUT2D eigenvalue weighted by Crippen LogP contribution is 2.32. The number of anilines is 2. The second-order valence-electron chi connectivity index (χ2n) is 6.20. The summed E-state index contributed by atoms with van der Waals surface area (Å²) in [5, 5.41) is 2.89. The van der Waals surface area contributed by atoms with Gasteiger partial charge in [-0.2, -0.15) is 0 Å². The van der Waals surface area contributed by atoms with Crippen molar-refractivity contribution in [3.05, 3.63) is 47.9 Å². The topological polar surface area (TPSA) is 61.4 Å². The van der Waals surface area contributed by atoms with Gasteiger partial charge in [0.2, 0.25) is 0 Å². The Kier molecular flexibility index (Phi) is 5.05. The Morgan fingerprint density at radius 2 is 2.12 bits per heavy atom. The minimum Gasteiger partial charge on any atom is -0.349 e. The zero-order valence-electron chi connectivity index (χ0n) is 14.2. The summed E-state index contributed by atoms with van der Waals surface area (Å²) in [4.78, 5) is 25.0. The van der Waals surface area contributed by atoms with Gasteiger partial charge in [-0.05, 0) is 38.6 Å². The normalized spacial score (nSPS) is 13.7. The van der Waals surface area contributed by atoms with E-state index in [-0.39, 0.29) is 5.91 Å². The van der Waals surface area contributed by atoms with Crippen LogP contribution in [-0.2, 0) is 6.42 Å². The lowest BCUT2D eigenvalue weighted by molar-refractivity contribution is 0.0946. The minimum absolute atomic E-state index is 0.161. The number of rotatable bonds is 5. The molecule has 6 heteroatoms. The maximum absolute atomic E-state index is 12.3. The van der Waals surface area contributed by atoms with Crippen molar-refractivity contribution in [1.82, 2.24) is 20.2 Å². The van der Waals surface area contributed by atoms with Gasteiger partial charge in [0, 0.05) is 31.4 Å². The van der Waals surface area contributed by atoms with Crippen LogP contribution < -0.4 is 10.2 Å². The first-order chi connectivity index (χ1) is 11.6. The van der Waals surface area contributed by atoms with Crippen molar-refractivity contribution in [3.8, 4) is 0 Å². The van der Waals surface area contributed by atoms with Crippen LogP contribution in [0.2, 0.25) is 0 Å². The van der Waals surface area contributed by atoms with Crippen molar-refractivity contribution in [2.24, 2.45) is 0 Å². The summed E-state index contributed by atoms with van der Waals surface area (Å²) < 4.78 is 0. The van der Waals surface area contributed by atoms with Crippen LogP contribution in [0.15, 0.2) is 36.7 Å². The number of likely N-dealkylation sites (N-methyl/N-ethyl adjacent to an activating group) is 1. The van der Waals surface area contributed by atoms with Crippen molar-refractivity contribution >= 4 is 17.4 Å². The highest BCUT2D eigenvalue weighted by molar-refractivity contribution is 5.93. The number of aromatic nitrogens is 2. The van der Waals surface area contributed by atoms with Gasteiger partial charge in [0.25, 0.3) is 5.91 Å². The third kappa shape index (κ3) is 3.71. The molecule has 3 rings (SSSR count). The number of nitrogens with zero attached hydrogens (tertiary/aromatic N) is 4. The van der Waals surface area contributed by atoms with E-state index < -0.39 is 0 Å². The molecule has 1 aromatic carbocycles. The molecule has 0 saturated heterocycles. The molecule has 1 aromatic heterocycles. The number of carbonyl (C=O) groups excluding carboxylic acids is 1. The van der Waals surface area contributed by atoms with Crippen LogP contribution in [0.1, 0.15) is 22.5 Å². The molecule has 0 spiro atoms. The number of fused-ring (bicyclic) bond motifs is 1. The largest absolute Gasteiger partial charge is 0.349 e. The fraction of sp³-hybridized carbons (Fsp3) is 0.389. The quantitative estimate of drug-likeness (QED) is 0.909. The zero-order chi connectivity index (χ0) is 16.9. The molecule has 126 valence electrons. The first-order valence-electron chi connectivity index (χ1n) is 8.25. The van der Waals surface area contributed by atoms with E-state index >= 15 is 0 Å². The molecular formula is C18H23N5O. The number of hydrogen-bond donors (Lipinski definition) is 1. The number of aryl methyl sites for hydroxylation is 1. The minimum atomic E-state index is -0.161. The Morgan fingerprint density at radius 3 is 2.96 bits per heavy atom. The standard InChI is InChI=1S/C18H23N5O/c1-22(2)11-9-19-18(24)15-12-17(21-13-20-15)23-10-5-7-14-6-3-4-8-16(14)23/h3-4,6,8,12-13H,5,7,9-11H2,1-2H3,(H,19,24). The molecule has 1 amide bonds. The van der Waals surface area contributed by atoms with E-state index in [1.165, 1.54) is 17.6 Å². The van der Waals surface area contributed by atoms with Gasteiger partial charge in [0.1, 0.15) is 17.8 Å². The summed E-state index contributed by atoms with van der Waals surface area (Å²) >= 11 is 0. The highest BCUT2D eigenvalue weighted by atomic mass is 16.1. The van der Waals surface area contributed by atoms with Crippen LogP contribution in [0.4, 0.5) is 11.5 Å². The molecule has 0 bridgehead atoms. The number of carbonyl (C=O) groups is 1. The van der Waals surface area contributed by atoms with E-state index in [4.69, 9.17) is 0 Å². The smallest absolute Gasteiger partial charge is 0.270 e. The third-order valence-corrected chi connectivity index (χ3v) is 4.12. The van der Waals surface area contributed by atoms with Crippen LogP contribution in [0.5, 0.6) is 0 Å². The van der Waals surface area contributed by atoms with E-state index in [9.17, 15) is 4.79 Å². The van der Waals surface area contributed by atoms with Gasteiger partial charge in [0.15, 0.2) is 0 Å².